The summed E-state index contributed by atoms with van der Waals surface area (Å²) in [5, 5.41) is 13.7. The molecule has 0 radical (unpaired) electrons. The summed E-state index contributed by atoms with van der Waals surface area (Å²) in [7, 11) is 0. The van der Waals surface area contributed by atoms with Crippen molar-refractivity contribution >= 4 is 17.2 Å². The third-order valence-electron chi connectivity index (χ3n) is 3.14. The Morgan fingerprint density at radius 3 is 2.90 bits per heavy atom. The third-order valence-corrected chi connectivity index (χ3v) is 3.14. The molecule has 21 heavy (non-hydrogen) atoms. The van der Waals surface area contributed by atoms with Gasteiger partial charge in [0.25, 0.3) is 5.69 Å². The van der Waals surface area contributed by atoms with Crippen LogP contribution in [0.1, 0.15) is 11.3 Å². The van der Waals surface area contributed by atoms with E-state index in [1.54, 1.807) is 6.07 Å². The Labute approximate surface area is 120 Å². The van der Waals surface area contributed by atoms with Crippen molar-refractivity contribution in [1.29, 1.82) is 0 Å². The van der Waals surface area contributed by atoms with Gasteiger partial charge in [0.05, 0.1) is 17.2 Å². The second-order valence-corrected chi connectivity index (χ2v) is 4.67. The smallest absolute Gasteiger partial charge is 0.287 e. The fourth-order valence-electron chi connectivity index (χ4n) is 2.07. The molecule has 106 valence electrons. The van der Waals surface area contributed by atoms with Crippen molar-refractivity contribution in [2.24, 2.45) is 0 Å². The molecule has 0 unspecified atom stereocenters. The Morgan fingerprint density at radius 2 is 2.24 bits per heavy atom. The van der Waals surface area contributed by atoms with Crippen molar-refractivity contribution in [3.63, 3.8) is 0 Å². The average molecular weight is 283 g/mol. The van der Waals surface area contributed by atoms with E-state index in [2.05, 4.69) is 15.3 Å². The number of aryl methyl sites for hydroxylation is 1. The zero-order valence-electron chi connectivity index (χ0n) is 11.4. The first-order chi connectivity index (χ1) is 10.1. The monoisotopic (exact) mass is 283 g/mol. The Hall–Kier alpha value is -2.96. The van der Waals surface area contributed by atoms with Crippen LogP contribution in [0.5, 0.6) is 0 Å². The molecule has 0 amide bonds. The molecule has 0 saturated carbocycles. The second kappa shape index (κ2) is 5.20. The minimum Gasteiger partial charge on any atom is -0.364 e. The van der Waals surface area contributed by atoms with E-state index in [1.807, 2.05) is 35.9 Å². The van der Waals surface area contributed by atoms with Crippen molar-refractivity contribution in [1.82, 2.24) is 14.4 Å². The van der Waals surface area contributed by atoms with Gasteiger partial charge < -0.3 is 9.72 Å². The first kappa shape index (κ1) is 13.0. The van der Waals surface area contributed by atoms with Gasteiger partial charge in [0.1, 0.15) is 17.7 Å². The molecule has 1 N–H and O–H groups in total. The second-order valence-electron chi connectivity index (χ2n) is 4.67. The van der Waals surface area contributed by atoms with Crippen LogP contribution in [0.4, 0.5) is 11.5 Å². The van der Waals surface area contributed by atoms with E-state index in [-0.39, 0.29) is 5.69 Å². The molecule has 7 nitrogen and oxygen atoms in total. The number of hydrogen-bond acceptors (Lipinski definition) is 5. The van der Waals surface area contributed by atoms with E-state index in [0.29, 0.717) is 12.4 Å². The van der Waals surface area contributed by atoms with E-state index in [4.69, 9.17) is 0 Å². The summed E-state index contributed by atoms with van der Waals surface area (Å²) in [5.74, 6) is 0.578. The fourth-order valence-corrected chi connectivity index (χ4v) is 2.07. The maximum Gasteiger partial charge on any atom is 0.287 e. The maximum absolute atomic E-state index is 10.6. The van der Waals surface area contributed by atoms with E-state index in [1.165, 1.54) is 12.3 Å². The Morgan fingerprint density at radius 1 is 1.38 bits per heavy atom. The van der Waals surface area contributed by atoms with Gasteiger partial charge in [-0.15, -0.1) is 0 Å². The summed E-state index contributed by atoms with van der Waals surface area (Å²) in [6, 6.07) is 6.98. The normalized spacial score (nSPS) is 10.7. The quantitative estimate of drug-likeness (QED) is 0.587. The molecule has 3 heterocycles. The van der Waals surface area contributed by atoms with Crippen LogP contribution in [0.3, 0.4) is 0 Å². The van der Waals surface area contributed by atoms with Crippen molar-refractivity contribution in [3.8, 4) is 0 Å². The van der Waals surface area contributed by atoms with Crippen LogP contribution in [0.2, 0.25) is 0 Å². The summed E-state index contributed by atoms with van der Waals surface area (Å²) in [6.45, 7) is 2.52. The molecule has 0 bridgehead atoms. The summed E-state index contributed by atoms with van der Waals surface area (Å²) in [6.07, 6.45) is 5.12. The number of anilines is 1. The molecular weight excluding hydrogens is 270 g/mol. The molecule has 0 aliphatic heterocycles. The lowest BCUT2D eigenvalue weighted by atomic mass is 10.3. The van der Waals surface area contributed by atoms with Crippen molar-refractivity contribution in [2.75, 3.05) is 5.32 Å². The van der Waals surface area contributed by atoms with Crippen LogP contribution in [-0.4, -0.2) is 19.3 Å². The molecule has 0 aromatic carbocycles. The largest absolute Gasteiger partial charge is 0.364 e. The topological polar surface area (TPSA) is 85.4 Å². The van der Waals surface area contributed by atoms with Gasteiger partial charge in [-0.05, 0) is 24.6 Å². The van der Waals surface area contributed by atoms with Gasteiger partial charge in [0.2, 0.25) is 0 Å². The van der Waals surface area contributed by atoms with Crippen LogP contribution >= 0.6 is 0 Å². The summed E-state index contributed by atoms with van der Waals surface area (Å²) < 4.78 is 1.97. The summed E-state index contributed by atoms with van der Waals surface area (Å²) >= 11 is 0. The van der Waals surface area contributed by atoms with Gasteiger partial charge in [0, 0.05) is 18.5 Å². The standard InChI is InChI=1S/C14H13N5O2/c1-10-3-2-6-18-9-11(17-14(10)18)7-15-13-5-4-12(8-16-13)19(20)21/h2-6,8-9H,7H2,1H3,(H,15,16). The molecule has 0 atom stereocenters. The highest BCUT2D eigenvalue weighted by Gasteiger charge is 2.06. The lowest BCUT2D eigenvalue weighted by Crippen LogP contribution is -2.01. The predicted molar refractivity (Wildman–Crippen MR) is 78.1 cm³/mol. The van der Waals surface area contributed by atoms with Gasteiger partial charge in [-0.3, -0.25) is 10.1 Å². The number of pyridine rings is 2. The average Bonchev–Trinajstić information content (AvgIpc) is 2.90. The van der Waals surface area contributed by atoms with Crippen LogP contribution in [0.15, 0.2) is 42.9 Å². The number of hydrogen-bond donors (Lipinski definition) is 1. The highest BCUT2D eigenvalue weighted by Crippen LogP contribution is 2.14. The van der Waals surface area contributed by atoms with E-state index < -0.39 is 4.92 Å². The minimum absolute atomic E-state index is 0.0242. The number of fused-ring (bicyclic) bond motifs is 1. The first-order valence-corrected chi connectivity index (χ1v) is 6.41. The number of nitrogens with zero attached hydrogens (tertiary/aromatic N) is 4. The minimum atomic E-state index is -0.471. The van der Waals surface area contributed by atoms with Gasteiger partial charge in [0.15, 0.2) is 0 Å². The van der Waals surface area contributed by atoms with E-state index in [0.717, 1.165) is 16.9 Å². The zero-order chi connectivity index (χ0) is 14.8. The van der Waals surface area contributed by atoms with Crippen LogP contribution < -0.4 is 5.32 Å². The Balaban J connectivity index is 1.74. The summed E-state index contributed by atoms with van der Waals surface area (Å²) in [4.78, 5) is 18.6. The lowest BCUT2D eigenvalue weighted by Gasteiger charge is -2.02. The Kier molecular flexibility index (Phi) is 3.23. The molecule has 0 fully saturated rings. The van der Waals surface area contributed by atoms with Gasteiger partial charge in [-0.25, -0.2) is 9.97 Å². The van der Waals surface area contributed by atoms with Gasteiger partial charge in [-0.2, -0.15) is 0 Å². The van der Waals surface area contributed by atoms with Gasteiger partial charge in [-0.1, -0.05) is 6.07 Å². The number of aromatic nitrogens is 3. The molecule has 7 heteroatoms. The molecule has 3 aromatic rings. The number of nitro groups is 1. The molecular formula is C14H13N5O2. The predicted octanol–water partition coefficient (Wildman–Crippen LogP) is 2.56. The zero-order valence-corrected chi connectivity index (χ0v) is 11.4. The molecule has 0 spiro atoms. The SMILES string of the molecule is Cc1cccn2cc(CNc3ccc([N+](=O)[O-])cn3)nc12. The van der Waals surface area contributed by atoms with Crippen molar-refractivity contribution in [2.45, 2.75) is 13.5 Å². The molecule has 0 aliphatic carbocycles. The van der Waals surface area contributed by atoms with E-state index >= 15 is 0 Å². The summed E-state index contributed by atoms with van der Waals surface area (Å²) in [5.41, 5.74) is 2.89. The first-order valence-electron chi connectivity index (χ1n) is 6.41. The lowest BCUT2D eigenvalue weighted by molar-refractivity contribution is -0.385. The van der Waals surface area contributed by atoms with Crippen LogP contribution in [0, 0.1) is 17.0 Å². The number of imidazole rings is 1. The number of rotatable bonds is 4. The Bertz CT molecular complexity index is 795. The molecule has 0 saturated heterocycles. The molecule has 3 rings (SSSR count). The van der Waals surface area contributed by atoms with E-state index in [9.17, 15) is 10.1 Å². The van der Waals surface area contributed by atoms with Crippen LogP contribution in [0.25, 0.3) is 5.65 Å². The molecule has 3 aromatic heterocycles. The van der Waals surface area contributed by atoms with Crippen LogP contribution in [-0.2, 0) is 6.54 Å². The highest BCUT2D eigenvalue weighted by molar-refractivity contribution is 5.48. The fraction of sp³-hybridized carbons (Fsp3) is 0.143. The highest BCUT2D eigenvalue weighted by atomic mass is 16.6. The van der Waals surface area contributed by atoms with Gasteiger partial charge >= 0.3 is 0 Å². The third kappa shape index (κ3) is 2.66. The molecule has 0 aliphatic rings. The number of nitrogens with one attached hydrogen (secondary N) is 1. The van der Waals surface area contributed by atoms with Crippen molar-refractivity contribution < 1.29 is 4.92 Å². The maximum atomic E-state index is 10.6. The van der Waals surface area contributed by atoms with Crippen molar-refractivity contribution in [3.05, 3.63) is 64.2 Å².